The predicted octanol–water partition coefficient (Wildman–Crippen LogP) is 0.337. The van der Waals surface area contributed by atoms with Crippen LogP contribution < -0.4 is 0 Å². The van der Waals surface area contributed by atoms with Crippen LogP contribution >= 0.6 is 0 Å². The Balaban J connectivity index is 1.74. The number of hydrogen-bond acceptors (Lipinski definition) is 4. The number of carbonyl (C=O) groups is 3. The van der Waals surface area contributed by atoms with E-state index in [2.05, 4.69) is 0 Å². The molecule has 0 aliphatic carbocycles. The maximum absolute atomic E-state index is 12.2. The van der Waals surface area contributed by atoms with Crippen molar-refractivity contribution >= 4 is 17.8 Å². The number of aliphatic carboxylic acids is 1. The number of carbonyl (C=O) groups excluding carboxylic acids is 2. The first-order chi connectivity index (χ1) is 10.5. The topological polar surface area (TPSA) is 87.2 Å². The van der Waals surface area contributed by atoms with E-state index in [4.69, 9.17) is 9.84 Å². The van der Waals surface area contributed by atoms with Crippen molar-refractivity contribution in [3.63, 3.8) is 0 Å². The summed E-state index contributed by atoms with van der Waals surface area (Å²) < 4.78 is 5.43. The van der Waals surface area contributed by atoms with Crippen LogP contribution in [0.4, 0.5) is 0 Å². The standard InChI is InChI=1S/C15H24N2O5/c1-16(13(18)9-12-3-2-8-22-12)10-14(19)17-6-4-11(5-7-17)15(20)21/h11-12H,2-10H2,1H3,(H,20,21). The summed E-state index contributed by atoms with van der Waals surface area (Å²) >= 11 is 0. The minimum Gasteiger partial charge on any atom is -0.481 e. The number of amides is 2. The van der Waals surface area contributed by atoms with E-state index in [0.717, 1.165) is 12.8 Å². The molecule has 1 atom stereocenters. The number of nitrogens with zero attached hydrogens (tertiary/aromatic N) is 2. The normalized spacial score (nSPS) is 22.6. The number of likely N-dealkylation sites (tertiary alicyclic amines) is 1. The fourth-order valence-corrected chi connectivity index (χ4v) is 2.92. The predicted molar refractivity (Wildman–Crippen MR) is 78.2 cm³/mol. The number of rotatable bonds is 5. The fourth-order valence-electron chi connectivity index (χ4n) is 2.92. The van der Waals surface area contributed by atoms with E-state index in [1.807, 2.05) is 0 Å². The molecule has 0 spiro atoms. The van der Waals surface area contributed by atoms with Gasteiger partial charge >= 0.3 is 5.97 Å². The summed E-state index contributed by atoms with van der Waals surface area (Å²) in [5.74, 6) is -1.36. The molecule has 0 saturated carbocycles. The van der Waals surface area contributed by atoms with E-state index in [1.165, 1.54) is 4.90 Å². The molecule has 2 amide bonds. The van der Waals surface area contributed by atoms with Gasteiger partial charge in [0.25, 0.3) is 0 Å². The third-order valence-electron chi connectivity index (χ3n) is 4.42. The molecule has 2 heterocycles. The van der Waals surface area contributed by atoms with Gasteiger partial charge < -0.3 is 19.6 Å². The zero-order valence-corrected chi connectivity index (χ0v) is 13.0. The number of likely N-dealkylation sites (N-methyl/N-ethyl adjacent to an activating group) is 1. The van der Waals surface area contributed by atoms with Gasteiger partial charge in [-0.05, 0) is 25.7 Å². The van der Waals surface area contributed by atoms with Gasteiger partial charge in [0, 0.05) is 26.7 Å². The van der Waals surface area contributed by atoms with Gasteiger partial charge in [-0.3, -0.25) is 14.4 Å². The molecule has 7 heteroatoms. The minimum atomic E-state index is -0.795. The van der Waals surface area contributed by atoms with Gasteiger partial charge in [-0.1, -0.05) is 0 Å². The lowest BCUT2D eigenvalue weighted by Gasteiger charge is -2.31. The molecule has 0 aromatic carbocycles. The van der Waals surface area contributed by atoms with Crippen LogP contribution in [-0.2, 0) is 19.1 Å². The van der Waals surface area contributed by atoms with Gasteiger partial charge in [-0.25, -0.2) is 0 Å². The van der Waals surface area contributed by atoms with Crippen LogP contribution in [0.2, 0.25) is 0 Å². The summed E-state index contributed by atoms with van der Waals surface area (Å²) in [6.45, 7) is 1.65. The monoisotopic (exact) mass is 312 g/mol. The summed E-state index contributed by atoms with van der Waals surface area (Å²) in [5.41, 5.74) is 0. The maximum atomic E-state index is 12.2. The summed E-state index contributed by atoms with van der Waals surface area (Å²) in [6, 6.07) is 0. The highest BCUT2D eigenvalue weighted by Crippen LogP contribution is 2.18. The van der Waals surface area contributed by atoms with Crippen molar-refractivity contribution in [1.29, 1.82) is 0 Å². The average molecular weight is 312 g/mol. The van der Waals surface area contributed by atoms with E-state index in [9.17, 15) is 14.4 Å². The molecule has 2 aliphatic rings. The summed E-state index contributed by atoms with van der Waals surface area (Å²) in [7, 11) is 1.62. The fraction of sp³-hybridized carbons (Fsp3) is 0.800. The number of ether oxygens (including phenoxy) is 1. The molecule has 2 fully saturated rings. The molecule has 7 nitrogen and oxygen atoms in total. The third kappa shape index (κ3) is 4.43. The Hall–Kier alpha value is -1.63. The molecule has 0 aromatic heterocycles. The zero-order valence-electron chi connectivity index (χ0n) is 13.0. The Bertz CT molecular complexity index is 426. The van der Waals surface area contributed by atoms with Gasteiger partial charge in [-0.2, -0.15) is 0 Å². The molecule has 2 rings (SSSR count). The first-order valence-corrected chi connectivity index (χ1v) is 7.83. The van der Waals surface area contributed by atoms with Crippen molar-refractivity contribution in [1.82, 2.24) is 9.80 Å². The molecular formula is C15H24N2O5. The molecule has 0 aromatic rings. The molecule has 0 bridgehead atoms. The molecule has 1 N–H and O–H groups in total. The van der Waals surface area contributed by atoms with Crippen LogP contribution in [0, 0.1) is 5.92 Å². The third-order valence-corrected chi connectivity index (χ3v) is 4.42. The SMILES string of the molecule is CN(CC(=O)N1CCC(C(=O)O)CC1)C(=O)CC1CCCO1. The van der Waals surface area contributed by atoms with Crippen LogP contribution in [0.25, 0.3) is 0 Å². The van der Waals surface area contributed by atoms with Gasteiger partial charge in [-0.15, -0.1) is 0 Å². The van der Waals surface area contributed by atoms with Crippen molar-refractivity contribution in [2.24, 2.45) is 5.92 Å². The number of piperidine rings is 1. The molecule has 0 radical (unpaired) electrons. The first kappa shape index (κ1) is 16.7. The van der Waals surface area contributed by atoms with Crippen molar-refractivity contribution in [3.05, 3.63) is 0 Å². The molecular weight excluding hydrogens is 288 g/mol. The Kier molecular flexibility index (Phi) is 5.76. The average Bonchev–Trinajstić information content (AvgIpc) is 3.00. The second-order valence-corrected chi connectivity index (χ2v) is 6.08. The summed E-state index contributed by atoms with van der Waals surface area (Å²) in [5, 5.41) is 8.95. The highest BCUT2D eigenvalue weighted by molar-refractivity contribution is 5.85. The number of hydrogen-bond donors (Lipinski definition) is 1. The van der Waals surface area contributed by atoms with Crippen molar-refractivity contribution in [2.75, 3.05) is 33.3 Å². The molecule has 124 valence electrons. The van der Waals surface area contributed by atoms with Crippen molar-refractivity contribution < 1.29 is 24.2 Å². The van der Waals surface area contributed by atoms with Crippen molar-refractivity contribution in [3.8, 4) is 0 Å². The Morgan fingerprint density at radius 2 is 1.91 bits per heavy atom. The van der Waals surface area contributed by atoms with Gasteiger partial charge in [0.05, 0.1) is 25.0 Å². The van der Waals surface area contributed by atoms with E-state index in [0.29, 0.717) is 39.0 Å². The number of carboxylic acids is 1. The zero-order chi connectivity index (χ0) is 16.1. The van der Waals surface area contributed by atoms with Crippen LogP contribution in [0.5, 0.6) is 0 Å². The van der Waals surface area contributed by atoms with Crippen LogP contribution in [-0.4, -0.2) is 72.1 Å². The Labute approximate surface area is 130 Å². The second-order valence-electron chi connectivity index (χ2n) is 6.08. The van der Waals surface area contributed by atoms with Crippen LogP contribution in [0.1, 0.15) is 32.1 Å². The Morgan fingerprint density at radius 3 is 2.45 bits per heavy atom. The molecule has 2 saturated heterocycles. The second kappa shape index (κ2) is 7.58. The highest BCUT2D eigenvalue weighted by Gasteiger charge is 2.28. The minimum absolute atomic E-state index is 0.0173. The van der Waals surface area contributed by atoms with E-state index >= 15 is 0 Å². The van der Waals surface area contributed by atoms with Gasteiger partial charge in [0.1, 0.15) is 0 Å². The highest BCUT2D eigenvalue weighted by atomic mass is 16.5. The quantitative estimate of drug-likeness (QED) is 0.791. The first-order valence-electron chi connectivity index (χ1n) is 7.83. The van der Waals surface area contributed by atoms with Crippen molar-refractivity contribution in [2.45, 2.75) is 38.2 Å². The van der Waals surface area contributed by atoms with Gasteiger partial charge in [0.2, 0.25) is 11.8 Å². The molecule has 22 heavy (non-hydrogen) atoms. The van der Waals surface area contributed by atoms with Gasteiger partial charge in [0.15, 0.2) is 0 Å². The largest absolute Gasteiger partial charge is 0.481 e. The molecule has 1 unspecified atom stereocenters. The maximum Gasteiger partial charge on any atom is 0.306 e. The van der Waals surface area contributed by atoms with E-state index in [-0.39, 0.29) is 30.4 Å². The van der Waals surface area contributed by atoms with Crippen LogP contribution in [0.15, 0.2) is 0 Å². The lowest BCUT2D eigenvalue weighted by molar-refractivity contribution is -0.146. The lowest BCUT2D eigenvalue weighted by Crippen LogP contribution is -2.45. The summed E-state index contributed by atoms with van der Waals surface area (Å²) in [6.07, 6.45) is 3.15. The van der Waals surface area contributed by atoms with E-state index in [1.54, 1.807) is 11.9 Å². The summed E-state index contributed by atoms with van der Waals surface area (Å²) in [4.78, 5) is 38.2. The van der Waals surface area contributed by atoms with Crippen LogP contribution in [0.3, 0.4) is 0 Å². The smallest absolute Gasteiger partial charge is 0.306 e. The number of carboxylic acid groups (broad SMARTS) is 1. The van der Waals surface area contributed by atoms with E-state index < -0.39 is 5.97 Å². The lowest BCUT2D eigenvalue weighted by atomic mass is 9.97. The Morgan fingerprint density at radius 1 is 1.23 bits per heavy atom. The molecule has 2 aliphatic heterocycles.